The van der Waals surface area contributed by atoms with Crippen molar-refractivity contribution in [3.8, 4) is 0 Å². The van der Waals surface area contributed by atoms with Crippen LogP contribution in [0, 0.1) is 6.92 Å². The van der Waals surface area contributed by atoms with Crippen molar-refractivity contribution < 1.29 is 0 Å². The van der Waals surface area contributed by atoms with Crippen molar-refractivity contribution >= 4 is 0 Å². The van der Waals surface area contributed by atoms with Crippen LogP contribution in [0.15, 0.2) is 24.3 Å². The van der Waals surface area contributed by atoms with E-state index in [1.54, 1.807) is 0 Å². The normalized spacial score (nSPS) is 20.8. The zero-order valence-corrected chi connectivity index (χ0v) is 13.6. The van der Waals surface area contributed by atoms with E-state index in [9.17, 15) is 0 Å². The molecule has 112 valence electrons. The standard InChI is InChI=1S/C18H30N2/c1-5-18(3,20-11-6-7-12-20)17(19-4)14-16-10-8-9-15(2)13-16/h8-10,13,17,19H,5-7,11-12,14H2,1-4H3. The predicted molar refractivity (Wildman–Crippen MR) is 87.2 cm³/mol. The fourth-order valence-electron chi connectivity index (χ4n) is 3.63. The Balaban J connectivity index is 2.16. The highest BCUT2D eigenvalue weighted by molar-refractivity contribution is 5.24. The molecule has 1 N–H and O–H groups in total. The Labute approximate surface area is 124 Å². The molecule has 1 heterocycles. The van der Waals surface area contributed by atoms with Crippen molar-refractivity contribution in [1.82, 2.24) is 10.2 Å². The number of hydrogen-bond acceptors (Lipinski definition) is 2. The van der Waals surface area contributed by atoms with Gasteiger partial charge in [-0.3, -0.25) is 4.90 Å². The van der Waals surface area contributed by atoms with Gasteiger partial charge in [0.25, 0.3) is 0 Å². The number of rotatable bonds is 6. The molecule has 0 bridgehead atoms. The summed E-state index contributed by atoms with van der Waals surface area (Å²) < 4.78 is 0. The predicted octanol–water partition coefficient (Wildman–Crippen LogP) is 3.39. The third-order valence-electron chi connectivity index (χ3n) is 5.17. The molecule has 2 rings (SSSR count). The second-order valence-electron chi connectivity index (χ2n) is 6.44. The third-order valence-corrected chi connectivity index (χ3v) is 5.17. The summed E-state index contributed by atoms with van der Waals surface area (Å²) in [6, 6.07) is 9.45. The zero-order valence-electron chi connectivity index (χ0n) is 13.6. The van der Waals surface area contributed by atoms with Crippen LogP contribution in [-0.4, -0.2) is 36.6 Å². The van der Waals surface area contributed by atoms with Crippen LogP contribution in [0.3, 0.4) is 0 Å². The van der Waals surface area contributed by atoms with Crippen LogP contribution in [0.5, 0.6) is 0 Å². The molecule has 0 aromatic heterocycles. The first-order valence-electron chi connectivity index (χ1n) is 8.08. The Hall–Kier alpha value is -0.860. The summed E-state index contributed by atoms with van der Waals surface area (Å²) in [5, 5.41) is 3.60. The highest BCUT2D eigenvalue weighted by Gasteiger charge is 2.38. The van der Waals surface area contributed by atoms with Crippen LogP contribution < -0.4 is 5.32 Å². The molecule has 1 saturated heterocycles. The minimum atomic E-state index is 0.259. The fraction of sp³-hybridized carbons (Fsp3) is 0.667. The highest BCUT2D eigenvalue weighted by atomic mass is 15.2. The van der Waals surface area contributed by atoms with E-state index in [4.69, 9.17) is 0 Å². The van der Waals surface area contributed by atoms with Gasteiger partial charge < -0.3 is 5.32 Å². The Morgan fingerprint density at radius 3 is 2.55 bits per heavy atom. The van der Waals surface area contributed by atoms with E-state index < -0.39 is 0 Å². The van der Waals surface area contributed by atoms with Gasteiger partial charge in [-0.25, -0.2) is 0 Å². The van der Waals surface area contributed by atoms with Gasteiger partial charge >= 0.3 is 0 Å². The summed E-state index contributed by atoms with van der Waals surface area (Å²) in [5.41, 5.74) is 3.06. The summed E-state index contributed by atoms with van der Waals surface area (Å²) >= 11 is 0. The van der Waals surface area contributed by atoms with Gasteiger partial charge in [0.1, 0.15) is 0 Å². The van der Waals surface area contributed by atoms with Crippen molar-refractivity contribution in [3.05, 3.63) is 35.4 Å². The maximum absolute atomic E-state index is 3.60. The first-order valence-corrected chi connectivity index (χ1v) is 8.08. The maximum Gasteiger partial charge on any atom is 0.0334 e. The van der Waals surface area contributed by atoms with Gasteiger partial charge in [0.2, 0.25) is 0 Å². The lowest BCUT2D eigenvalue weighted by Crippen LogP contribution is -2.58. The van der Waals surface area contributed by atoms with E-state index in [1.807, 2.05) is 0 Å². The first-order chi connectivity index (χ1) is 9.60. The quantitative estimate of drug-likeness (QED) is 0.855. The van der Waals surface area contributed by atoms with Gasteiger partial charge in [-0.2, -0.15) is 0 Å². The van der Waals surface area contributed by atoms with Gasteiger partial charge in [0, 0.05) is 11.6 Å². The molecule has 0 saturated carbocycles. The minimum Gasteiger partial charge on any atom is -0.315 e. The molecule has 0 radical (unpaired) electrons. The van der Waals surface area contributed by atoms with E-state index in [-0.39, 0.29) is 5.54 Å². The number of nitrogens with one attached hydrogen (secondary N) is 1. The second-order valence-corrected chi connectivity index (χ2v) is 6.44. The number of benzene rings is 1. The largest absolute Gasteiger partial charge is 0.315 e. The summed E-state index contributed by atoms with van der Waals surface area (Å²) in [7, 11) is 2.12. The number of likely N-dealkylation sites (tertiary alicyclic amines) is 1. The number of aryl methyl sites for hydroxylation is 1. The van der Waals surface area contributed by atoms with Gasteiger partial charge in [0.05, 0.1) is 0 Å². The highest BCUT2D eigenvalue weighted by Crippen LogP contribution is 2.29. The maximum atomic E-state index is 3.60. The number of nitrogens with zero attached hydrogens (tertiary/aromatic N) is 1. The molecule has 1 fully saturated rings. The lowest BCUT2D eigenvalue weighted by molar-refractivity contribution is 0.0873. The van der Waals surface area contributed by atoms with Gasteiger partial charge in [-0.15, -0.1) is 0 Å². The molecule has 2 heteroatoms. The average molecular weight is 274 g/mol. The molecule has 1 aliphatic rings. The average Bonchev–Trinajstić information content (AvgIpc) is 2.98. The summed E-state index contributed by atoms with van der Waals surface area (Å²) in [6.07, 6.45) is 5.02. The molecular formula is C18H30N2. The Kier molecular flexibility index (Phi) is 5.22. The van der Waals surface area contributed by atoms with E-state index in [0.717, 1.165) is 6.42 Å². The smallest absolute Gasteiger partial charge is 0.0334 e. The van der Waals surface area contributed by atoms with Gasteiger partial charge in [-0.1, -0.05) is 36.8 Å². The Morgan fingerprint density at radius 2 is 2.00 bits per heavy atom. The number of hydrogen-bond donors (Lipinski definition) is 1. The molecule has 2 atom stereocenters. The lowest BCUT2D eigenvalue weighted by Gasteiger charge is -2.44. The van der Waals surface area contributed by atoms with Crippen LogP contribution in [-0.2, 0) is 6.42 Å². The van der Waals surface area contributed by atoms with Crippen LogP contribution in [0.2, 0.25) is 0 Å². The molecule has 0 aliphatic carbocycles. The Bertz CT molecular complexity index is 423. The van der Waals surface area contributed by atoms with Crippen molar-refractivity contribution in [2.45, 2.75) is 58.0 Å². The van der Waals surface area contributed by atoms with Gasteiger partial charge in [-0.05, 0) is 65.2 Å². The monoisotopic (exact) mass is 274 g/mol. The van der Waals surface area contributed by atoms with Crippen LogP contribution in [0.4, 0.5) is 0 Å². The molecule has 0 amide bonds. The summed E-state index contributed by atoms with van der Waals surface area (Å²) in [5.74, 6) is 0. The Morgan fingerprint density at radius 1 is 1.30 bits per heavy atom. The topological polar surface area (TPSA) is 15.3 Å². The zero-order chi connectivity index (χ0) is 14.6. The van der Waals surface area contributed by atoms with E-state index in [2.05, 4.69) is 62.3 Å². The van der Waals surface area contributed by atoms with Crippen LogP contribution in [0.25, 0.3) is 0 Å². The van der Waals surface area contributed by atoms with Crippen LogP contribution >= 0.6 is 0 Å². The molecule has 2 nitrogen and oxygen atoms in total. The van der Waals surface area contributed by atoms with E-state index in [1.165, 1.54) is 43.5 Å². The van der Waals surface area contributed by atoms with Crippen molar-refractivity contribution in [3.63, 3.8) is 0 Å². The summed E-state index contributed by atoms with van der Waals surface area (Å²) in [6.45, 7) is 9.47. The number of likely N-dealkylation sites (N-methyl/N-ethyl adjacent to an activating group) is 1. The van der Waals surface area contributed by atoms with E-state index in [0.29, 0.717) is 6.04 Å². The first kappa shape index (κ1) is 15.5. The van der Waals surface area contributed by atoms with Crippen molar-refractivity contribution in [2.24, 2.45) is 0 Å². The molecule has 2 unspecified atom stereocenters. The minimum absolute atomic E-state index is 0.259. The molecule has 1 aliphatic heterocycles. The van der Waals surface area contributed by atoms with Crippen LogP contribution in [0.1, 0.15) is 44.2 Å². The molecule has 1 aromatic rings. The van der Waals surface area contributed by atoms with Gasteiger partial charge in [0.15, 0.2) is 0 Å². The van der Waals surface area contributed by atoms with Crippen molar-refractivity contribution in [1.29, 1.82) is 0 Å². The lowest BCUT2D eigenvalue weighted by atomic mass is 9.83. The third kappa shape index (κ3) is 3.24. The molecular weight excluding hydrogens is 244 g/mol. The van der Waals surface area contributed by atoms with E-state index >= 15 is 0 Å². The molecule has 20 heavy (non-hydrogen) atoms. The molecule has 1 aromatic carbocycles. The fourth-order valence-corrected chi connectivity index (χ4v) is 3.63. The van der Waals surface area contributed by atoms with Crippen molar-refractivity contribution in [2.75, 3.05) is 20.1 Å². The summed E-state index contributed by atoms with van der Waals surface area (Å²) in [4.78, 5) is 2.70. The molecule has 0 spiro atoms. The second kappa shape index (κ2) is 6.73. The SMILES string of the molecule is CCC(C)(C(Cc1cccc(C)c1)NC)N1CCCC1.